The fraction of sp³-hybridized carbons (Fsp3) is 0.0833. The van der Waals surface area contributed by atoms with Gasteiger partial charge >= 0.3 is 0 Å². The van der Waals surface area contributed by atoms with Crippen LogP contribution in [-0.4, -0.2) is 19.2 Å². The van der Waals surface area contributed by atoms with Crippen LogP contribution in [0.1, 0.15) is 5.56 Å². The zero-order valence-corrected chi connectivity index (χ0v) is 15.6. The van der Waals surface area contributed by atoms with Gasteiger partial charge in [-0.3, -0.25) is 0 Å². The summed E-state index contributed by atoms with van der Waals surface area (Å²) in [6.45, 7) is 0. The summed E-state index contributed by atoms with van der Waals surface area (Å²) in [6, 6.07) is 26.1. The number of aromatic nitrogens is 1. The van der Waals surface area contributed by atoms with E-state index in [0.29, 0.717) is 11.4 Å². The first kappa shape index (κ1) is 17.6. The lowest BCUT2D eigenvalue weighted by Gasteiger charge is -2.12. The molecule has 1 aromatic heterocycles. The van der Waals surface area contributed by atoms with Gasteiger partial charge in [0.1, 0.15) is 17.4 Å². The molecule has 1 heterocycles. The van der Waals surface area contributed by atoms with Gasteiger partial charge in [-0.15, -0.1) is 0 Å². The number of nitrogens with zero attached hydrogens (tertiary/aromatic N) is 2. The molecule has 0 unspecified atom stereocenters. The van der Waals surface area contributed by atoms with E-state index in [1.807, 2.05) is 54.6 Å². The molecule has 0 fully saturated rings. The Morgan fingerprint density at radius 2 is 1.57 bits per heavy atom. The number of benzene rings is 1. The summed E-state index contributed by atoms with van der Waals surface area (Å²) < 4.78 is 10.8. The quantitative estimate of drug-likeness (QED) is 0.485. The van der Waals surface area contributed by atoms with Crippen molar-refractivity contribution in [3.8, 4) is 51.2 Å². The number of rotatable bonds is 4. The molecule has 0 N–H and O–H groups in total. The van der Waals surface area contributed by atoms with Crippen molar-refractivity contribution >= 4 is 0 Å². The van der Waals surface area contributed by atoms with Gasteiger partial charge in [-0.1, -0.05) is 54.6 Å². The lowest BCUT2D eigenvalue weighted by Crippen LogP contribution is -1.98. The number of hydrogen-bond acceptors (Lipinski definition) is 4. The van der Waals surface area contributed by atoms with E-state index >= 15 is 0 Å². The van der Waals surface area contributed by atoms with Crippen LogP contribution in [0, 0.1) is 11.3 Å². The summed E-state index contributed by atoms with van der Waals surface area (Å²) in [5, 5.41) is 9.74. The lowest BCUT2D eigenvalue weighted by molar-refractivity contribution is 0.397. The van der Waals surface area contributed by atoms with Crippen molar-refractivity contribution in [1.82, 2.24) is 4.98 Å². The maximum absolute atomic E-state index is 9.74. The van der Waals surface area contributed by atoms with Crippen LogP contribution in [0.3, 0.4) is 0 Å². The molecule has 0 saturated carbocycles. The molecule has 136 valence electrons. The zero-order chi connectivity index (χ0) is 19.5. The van der Waals surface area contributed by atoms with Gasteiger partial charge in [-0.25, -0.2) is 4.98 Å². The van der Waals surface area contributed by atoms with Gasteiger partial charge in [-0.2, -0.15) is 5.26 Å². The van der Waals surface area contributed by atoms with Gasteiger partial charge in [0.2, 0.25) is 5.88 Å². The van der Waals surface area contributed by atoms with Gasteiger partial charge in [0, 0.05) is 11.1 Å². The SMILES string of the molecule is COc1cccc(-c2cc(-c3ccc4cccccc3-4)nc(OC)c2C#N)c1. The van der Waals surface area contributed by atoms with Crippen LogP contribution in [0.15, 0.2) is 72.8 Å². The fourth-order valence-electron chi connectivity index (χ4n) is 3.37. The number of fused-ring (bicyclic) bond motifs is 1. The third kappa shape index (κ3) is 3.04. The van der Waals surface area contributed by atoms with E-state index in [9.17, 15) is 5.26 Å². The number of hydrogen-bond donors (Lipinski definition) is 0. The highest BCUT2D eigenvalue weighted by Crippen LogP contribution is 2.39. The number of pyridine rings is 1. The van der Waals surface area contributed by atoms with Crippen molar-refractivity contribution in [2.24, 2.45) is 0 Å². The summed E-state index contributed by atoms with van der Waals surface area (Å²) in [7, 11) is 3.16. The molecule has 0 atom stereocenters. The summed E-state index contributed by atoms with van der Waals surface area (Å²) in [5.74, 6) is 1.04. The average Bonchev–Trinajstić information content (AvgIpc) is 3.00. The smallest absolute Gasteiger partial charge is 0.232 e. The van der Waals surface area contributed by atoms with Crippen molar-refractivity contribution in [3.63, 3.8) is 0 Å². The highest BCUT2D eigenvalue weighted by Gasteiger charge is 2.19. The maximum Gasteiger partial charge on any atom is 0.232 e. The summed E-state index contributed by atoms with van der Waals surface area (Å²) in [5.41, 5.74) is 6.03. The van der Waals surface area contributed by atoms with Crippen LogP contribution in [0.5, 0.6) is 11.6 Å². The van der Waals surface area contributed by atoms with Gasteiger partial charge in [0.25, 0.3) is 0 Å². The Morgan fingerprint density at radius 3 is 2.36 bits per heavy atom. The van der Waals surface area contributed by atoms with Crippen molar-refractivity contribution < 1.29 is 9.47 Å². The van der Waals surface area contributed by atoms with E-state index < -0.39 is 0 Å². The lowest BCUT2D eigenvalue weighted by atomic mass is 9.98. The predicted octanol–water partition coefficient (Wildman–Crippen LogP) is 5.41. The molecule has 2 aliphatic rings. The first-order valence-electron chi connectivity index (χ1n) is 8.87. The average molecular weight is 366 g/mol. The molecule has 0 bridgehead atoms. The maximum atomic E-state index is 9.74. The molecule has 4 rings (SSSR count). The number of ether oxygens (including phenoxy) is 2. The molecule has 4 nitrogen and oxygen atoms in total. The third-order valence-electron chi connectivity index (χ3n) is 4.74. The van der Waals surface area contributed by atoms with E-state index in [2.05, 4.69) is 29.3 Å². The van der Waals surface area contributed by atoms with Crippen LogP contribution in [0.2, 0.25) is 0 Å². The van der Waals surface area contributed by atoms with Gasteiger partial charge < -0.3 is 9.47 Å². The molecular formula is C24H18N2O2. The monoisotopic (exact) mass is 366 g/mol. The minimum atomic E-state index is 0.312. The molecule has 0 saturated heterocycles. The van der Waals surface area contributed by atoms with Gasteiger partial charge in [0.15, 0.2) is 0 Å². The summed E-state index contributed by atoms with van der Waals surface area (Å²) in [4.78, 5) is 4.63. The van der Waals surface area contributed by atoms with E-state index in [1.54, 1.807) is 7.11 Å². The van der Waals surface area contributed by atoms with Gasteiger partial charge in [0.05, 0.1) is 19.9 Å². The van der Waals surface area contributed by atoms with Crippen LogP contribution in [0.25, 0.3) is 33.5 Å². The first-order valence-corrected chi connectivity index (χ1v) is 8.87. The molecule has 0 aliphatic heterocycles. The highest BCUT2D eigenvalue weighted by molar-refractivity contribution is 5.87. The molecule has 0 spiro atoms. The Balaban J connectivity index is 1.96. The second kappa shape index (κ2) is 7.42. The molecule has 0 radical (unpaired) electrons. The molecule has 0 amide bonds. The molecule has 2 aromatic rings. The van der Waals surface area contributed by atoms with Gasteiger partial charge in [-0.05, 0) is 34.9 Å². The Labute approximate surface area is 164 Å². The molecule has 4 heteroatoms. The summed E-state index contributed by atoms with van der Waals surface area (Å²) in [6.07, 6.45) is 0. The summed E-state index contributed by atoms with van der Waals surface area (Å²) >= 11 is 0. The second-order valence-electron chi connectivity index (χ2n) is 6.31. The van der Waals surface area contributed by atoms with Crippen LogP contribution in [-0.2, 0) is 0 Å². The van der Waals surface area contributed by atoms with E-state index in [1.165, 1.54) is 7.11 Å². The highest BCUT2D eigenvalue weighted by atomic mass is 16.5. The Hall–Kier alpha value is -3.84. The predicted molar refractivity (Wildman–Crippen MR) is 110 cm³/mol. The third-order valence-corrected chi connectivity index (χ3v) is 4.74. The van der Waals surface area contributed by atoms with Crippen LogP contribution in [0.4, 0.5) is 0 Å². The molecule has 1 aromatic carbocycles. The normalized spacial score (nSPS) is 10.5. The van der Waals surface area contributed by atoms with E-state index in [0.717, 1.165) is 39.3 Å². The standard InChI is InChI=1S/C24H18N2O2/c1-27-18-9-6-8-17(13-18)21-14-23(26-24(28-2)22(21)15-25)20-12-11-16-7-4-3-5-10-19(16)20/h3-14H,1-2H3. The van der Waals surface area contributed by atoms with E-state index in [4.69, 9.17) is 9.47 Å². The van der Waals surface area contributed by atoms with Crippen LogP contribution >= 0.6 is 0 Å². The Bertz CT molecular complexity index is 1160. The first-order chi connectivity index (χ1) is 13.7. The topological polar surface area (TPSA) is 55.1 Å². The fourth-order valence-corrected chi connectivity index (χ4v) is 3.37. The minimum Gasteiger partial charge on any atom is -0.497 e. The largest absolute Gasteiger partial charge is 0.497 e. The molecule has 2 aliphatic carbocycles. The van der Waals surface area contributed by atoms with Crippen molar-refractivity contribution in [2.75, 3.05) is 14.2 Å². The van der Waals surface area contributed by atoms with Crippen molar-refractivity contribution in [1.29, 1.82) is 5.26 Å². The molecular weight excluding hydrogens is 348 g/mol. The Morgan fingerprint density at radius 1 is 0.750 bits per heavy atom. The van der Waals surface area contributed by atoms with Crippen molar-refractivity contribution in [2.45, 2.75) is 0 Å². The second-order valence-corrected chi connectivity index (χ2v) is 6.31. The van der Waals surface area contributed by atoms with E-state index in [-0.39, 0.29) is 0 Å². The van der Waals surface area contributed by atoms with Crippen molar-refractivity contribution in [3.05, 3.63) is 78.4 Å². The minimum absolute atomic E-state index is 0.312. The number of methoxy groups -OCH3 is 2. The zero-order valence-electron chi connectivity index (χ0n) is 15.6. The molecule has 28 heavy (non-hydrogen) atoms. The Kier molecular flexibility index (Phi) is 4.65. The van der Waals surface area contributed by atoms with Crippen LogP contribution < -0.4 is 9.47 Å². The number of nitriles is 1.